The number of piperazine rings is 1. The van der Waals surface area contributed by atoms with Crippen molar-refractivity contribution in [2.45, 2.75) is 63.6 Å². The number of nitrogens with two attached hydrogens (primary N) is 1. The summed E-state index contributed by atoms with van der Waals surface area (Å²) >= 11 is 1.32. The van der Waals surface area contributed by atoms with Crippen LogP contribution in [0.15, 0.2) is 24.4 Å². The average Bonchev–Trinajstić information content (AvgIpc) is 3.14. The molecule has 3 atom stereocenters. The van der Waals surface area contributed by atoms with Crippen LogP contribution in [0.4, 0.5) is 11.4 Å². The van der Waals surface area contributed by atoms with E-state index >= 15 is 0 Å². The van der Waals surface area contributed by atoms with Crippen molar-refractivity contribution >= 4 is 39.0 Å². The molecule has 4 N–H and O–H groups in total. The van der Waals surface area contributed by atoms with Gasteiger partial charge in [-0.1, -0.05) is 12.5 Å². The van der Waals surface area contributed by atoms with Crippen LogP contribution in [-0.4, -0.2) is 47.1 Å². The van der Waals surface area contributed by atoms with E-state index in [-0.39, 0.29) is 11.9 Å². The second-order valence-corrected chi connectivity index (χ2v) is 10.8. The number of nitrogen functional groups attached to an aromatic ring is 1. The molecule has 172 valence electrons. The fourth-order valence-electron chi connectivity index (χ4n) is 5.67. The number of fused-ring (bicyclic) bond motifs is 4. The molecule has 1 aromatic carbocycles. The normalized spacial score (nSPS) is 24.5. The molecule has 0 spiro atoms. The predicted octanol–water partition coefficient (Wildman–Crippen LogP) is 3.20. The van der Waals surface area contributed by atoms with E-state index in [0.717, 1.165) is 42.9 Å². The highest BCUT2D eigenvalue weighted by atomic mass is 32.1. The fourth-order valence-corrected chi connectivity index (χ4v) is 6.67. The minimum Gasteiger partial charge on any atom is -0.396 e. The third kappa shape index (κ3) is 3.95. The number of thiophene rings is 1. The first-order valence-electron chi connectivity index (χ1n) is 12.0. The molecule has 7 nitrogen and oxygen atoms in total. The van der Waals surface area contributed by atoms with Gasteiger partial charge in [-0.05, 0) is 62.3 Å². The Morgan fingerprint density at radius 3 is 2.85 bits per heavy atom. The highest BCUT2D eigenvalue weighted by Crippen LogP contribution is 2.32. The maximum absolute atomic E-state index is 13.0. The zero-order valence-corrected chi connectivity index (χ0v) is 19.8. The van der Waals surface area contributed by atoms with Crippen LogP contribution in [0.25, 0.3) is 10.3 Å². The zero-order valence-electron chi connectivity index (χ0n) is 18.9. The van der Waals surface area contributed by atoms with Crippen LogP contribution in [0.3, 0.4) is 0 Å². The number of nitrogens with zero attached hydrogens (tertiary/aromatic N) is 3. The monoisotopic (exact) mass is 462 g/mol. The smallest absolute Gasteiger partial charge is 0.263 e. The van der Waals surface area contributed by atoms with Gasteiger partial charge < -0.3 is 21.3 Å². The second-order valence-electron chi connectivity index (χ2n) is 9.77. The van der Waals surface area contributed by atoms with Crippen molar-refractivity contribution in [3.8, 4) is 0 Å². The number of piperidine rings is 1. The van der Waals surface area contributed by atoms with E-state index in [9.17, 15) is 4.79 Å². The molecule has 2 bridgehead atoms. The van der Waals surface area contributed by atoms with Gasteiger partial charge >= 0.3 is 0 Å². The average molecular weight is 463 g/mol. The van der Waals surface area contributed by atoms with Crippen LogP contribution in [-0.2, 0) is 12.8 Å². The number of amides is 1. The van der Waals surface area contributed by atoms with Gasteiger partial charge in [0.05, 0.1) is 11.4 Å². The molecule has 2 unspecified atom stereocenters. The summed E-state index contributed by atoms with van der Waals surface area (Å²) in [5.41, 5.74) is 12.2. The number of benzene rings is 1. The van der Waals surface area contributed by atoms with E-state index in [1.807, 2.05) is 6.92 Å². The molecular weight excluding hydrogens is 432 g/mol. The van der Waals surface area contributed by atoms with Crippen LogP contribution in [0.5, 0.6) is 0 Å². The number of aromatic nitrogens is 2. The fraction of sp³-hybridized carbons (Fsp3) is 0.480. The molecule has 2 fully saturated rings. The third-order valence-electron chi connectivity index (χ3n) is 7.34. The quantitative estimate of drug-likeness (QED) is 0.553. The van der Waals surface area contributed by atoms with Gasteiger partial charge in [-0.2, -0.15) is 0 Å². The summed E-state index contributed by atoms with van der Waals surface area (Å²) in [6, 6.07) is 8.30. The van der Waals surface area contributed by atoms with Crippen LogP contribution < -0.4 is 21.3 Å². The predicted molar refractivity (Wildman–Crippen MR) is 133 cm³/mol. The Labute approximate surface area is 197 Å². The number of rotatable bonds is 3. The topological polar surface area (TPSA) is 96.2 Å². The molecule has 1 aliphatic carbocycles. The van der Waals surface area contributed by atoms with E-state index in [0.29, 0.717) is 28.2 Å². The van der Waals surface area contributed by atoms with Gasteiger partial charge in [0.15, 0.2) is 0 Å². The molecule has 2 saturated heterocycles. The standard InChI is InChI=1S/C25H30N6OS/c1-14-11-27-22-21(26)23(33-25(22)28-14)24(32)30-17-7-5-16-10-20(8-6-15(16)9-17)31-12-18-3-2-4-19(13-31)29-18/h6,8,10-11,17-19,29H,2-5,7,9,12-13,26H2,1H3,(H,30,32)/t17-,18?,19?/m0/s1. The van der Waals surface area contributed by atoms with Crippen LogP contribution in [0, 0.1) is 6.92 Å². The minimum absolute atomic E-state index is 0.113. The zero-order chi connectivity index (χ0) is 22.5. The number of hydrogen-bond acceptors (Lipinski definition) is 7. The van der Waals surface area contributed by atoms with Crippen molar-refractivity contribution in [2.24, 2.45) is 0 Å². The van der Waals surface area contributed by atoms with Gasteiger partial charge in [-0.15, -0.1) is 11.3 Å². The number of carbonyl (C=O) groups excluding carboxylic acids is 1. The first-order chi connectivity index (χ1) is 16.0. The Morgan fingerprint density at radius 2 is 2.03 bits per heavy atom. The maximum Gasteiger partial charge on any atom is 0.263 e. The van der Waals surface area contributed by atoms with Gasteiger partial charge in [0, 0.05) is 43.1 Å². The van der Waals surface area contributed by atoms with Gasteiger partial charge in [0.2, 0.25) is 0 Å². The van der Waals surface area contributed by atoms with Crippen molar-refractivity contribution in [1.82, 2.24) is 20.6 Å². The van der Waals surface area contributed by atoms with Crippen molar-refractivity contribution in [3.63, 3.8) is 0 Å². The molecular formula is C25H30N6OS. The lowest BCUT2D eigenvalue weighted by Gasteiger charge is -2.43. The first kappa shape index (κ1) is 20.9. The summed E-state index contributed by atoms with van der Waals surface area (Å²) < 4.78 is 0. The molecule has 8 heteroatoms. The van der Waals surface area contributed by atoms with Crippen LogP contribution in [0.2, 0.25) is 0 Å². The molecule has 4 heterocycles. The molecule has 0 radical (unpaired) electrons. The van der Waals surface area contributed by atoms with Gasteiger partial charge in [-0.3, -0.25) is 4.79 Å². The Morgan fingerprint density at radius 1 is 1.21 bits per heavy atom. The molecule has 3 aromatic rings. The lowest BCUT2D eigenvalue weighted by molar-refractivity contribution is 0.0938. The van der Waals surface area contributed by atoms with E-state index in [1.165, 1.54) is 47.4 Å². The molecule has 0 saturated carbocycles. The van der Waals surface area contributed by atoms with E-state index in [4.69, 9.17) is 5.73 Å². The summed E-state index contributed by atoms with van der Waals surface area (Å²) in [5.74, 6) is -0.118. The lowest BCUT2D eigenvalue weighted by atomic mass is 9.87. The minimum atomic E-state index is -0.118. The van der Waals surface area contributed by atoms with Crippen molar-refractivity contribution in [3.05, 3.63) is 46.1 Å². The van der Waals surface area contributed by atoms with Crippen molar-refractivity contribution < 1.29 is 4.79 Å². The second kappa shape index (κ2) is 8.25. The lowest BCUT2D eigenvalue weighted by Crippen LogP contribution is -2.58. The Hall–Kier alpha value is -2.71. The van der Waals surface area contributed by atoms with Crippen LogP contribution >= 0.6 is 11.3 Å². The molecule has 2 aliphatic heterocycles. The molecule has 3 aliphatic rings. The summed E-state index contributed by atoms with van der Waals surface area (Å²) in [4.78, 5) is 25.6. The first-order valence-corrected chi connectivity index (χ1v) is 12.8. The van der Waals surface area contributed by atoms with Crippen molar-refractivity contribution in [2.75, 3.05) is 23.7 Å². The van der Waals surface area contributed by atoms with E-state index in [2.05, 4.69) is 43.7 Å². The Balaban J connectivity index is 1.15. The highest BCUT2D eigenvalue weighted by Gasteiger charge is 2.30. The molecule has 33 heavy (non-hydrogen) atoms. The summed E-state index contributed by atoms with van der Waals surface area (Å²) in [6.07, 6.45) is 8.39. The van der Waals surface area contributed by atoms with E-state index < -0.39 is 0 Å². The summed E-state index contributed by atoms with van der Waals surface area (Å²) in [5, 5.41) is 6.98. The molecule has 2 aromatic heterocycles. The highest BCUT2D eigenvalue weighted by molar-refractivity contribution is 7.21. The van der Waals surface area contributed by atoms with Crippen molar-refractivity contribution in [1.29, 1.82) is 0 Å². The molecule has 6 rings (SSSR count). The van der Waals surface area contributed by atoms with E-state index in [1.54, 1.807) is 6.20 Å². The SMILES string of the molecule is Cc1cnc2c(N)c(C(=O)N[C@H]3CCc4cc(N5CC6CCCC(C5)N6)ccc4C3)sc2n1. The Kier molecular flexibility index (Phi) is 5.22. The third-order valence-corrected chi connectivity index (χ3v) is 8.43. The summed E-state index contributed by atoms with van der Waals surface area (Å²) in [7, 11) is 0. The van der Waals surface area contributed by atoms with Crippen LogP contribution in [0.1, 0.15) is 52.2 Å². The Bertz CT molecular complexity index is 1210. The summed E-state index contributed by atoms with van der Waals surface area (Å²) in [6.45, 7) is 4.10. The maximum atomic E-state index is 13.0. The van der Waals surface area contributed by atoms with Gasteiger partial charge in [0.25, 0.3) is 5.91 Å². The number of nitrogens with one attached hydrogen (secondary N) is 2. The number of carbonyl (C=O) groups is 1. The van der Waals surface area contributed by atoms with Gasteiger partial charge in [-0.25, -0.2) is 9.97 Å². The number of aryl methyl sites for hydroxylation is 2. The largest absolute Gasteiger partial charge is 0.396 e. The number of hydrogen-bond donors (Lipinski definition) is 3. The molecule has 1 amide bonds. The van der Waals surface area contributed by atoms with Gasteiger partial charge in [0.1, 0.15) is 15.2 Å². The number of anilines is 2.